The number of benzene rings is 8. The third-order valence-corrected chi connectivity index (χ3v) is 12.2. The fourth-order valence-corrected chi connectivity index (χ4v) is 9.30. The van der Waals surface area contributed by atoms with Crippen molar-refractivity contribution >= 4 is 44.6 Å². The zero-order valence-electron chi connectivity index (χ0n) is 51.6. The van der Waals surface area contributed by atoms with E-state index in [1.165, 1.54) is 0 Å². The molecule has 0 bridgehead atoms. The summed E-state index contributed by atoms with van der Waals surface area (Å²) in [5.74, 6) is 0.479. The summed E-state index contributed by atoms with van der Waals surface area (Å²) in [6.07, 6.45) is 1.99. The molecule has 0 fully saturated rings. The number of hydrogen-bond donors (Lipinski definition) is 0. The summed E-state index contributed by atoms with van der Waals surface area (Å²) in [5.41, 5.74) is 10.1. The smallest absolute Gasteiger partial charge is 0.135 e. The first-order chi connectivity index (χ1) is 37.9. The number of pyridine rings is 1. The predicted octanol–water partition coefficient (Wildman–Crippen LogP) is 16.0. The quantitative estimate of drug-likeness (QED) is 0.142. The zero-order valence-corrected chi connectivity index (χ0v) is 39.9. The van der Waals surface area contributed by atoms with Gasteiger partial charge in [-0.1, -0.05) is 153 Å². The molecule has 2 aromatic heterocycles. The van der Waals surface area contributed by atoms with E-state index in [9.17, 15) is 1.37 Å². The molecule has 1 aliphatic rings. The maximum absolute atomic E-state index is 9.19. The molecule has 1 aliphatic heterocycles. The van der Waals surface area contributed by atoms with Crippen molar-refractivity contribution < 1.29 is 40.3 Å². The number of para-hydroxylation sites is 4. The normalized spacial score (nSPS) is 15.4. The summed E-state index contributed by atoms with van der Waals surface area (Å²) >= 11 is 0. The number of aryl methyl sites for hydroxylation is 3. The topological polar surface area (TPSA) is 24.3 Å². The number of rotatable bonds is 8. The van der Waals surface area contributed by atoms with Gasteiger partial charge in [0.1, 0.15) is 5.82 Å². The van der Waals surface area contributed by atoms with E-state index < -0.39 is 60.4 Å². The molecule has 4 nitrogen and oxygen atoms in total. The molecule has 3 heterocycles. The maximum atomic E-state index is 9.19. The van der Waals surface area contributed by atoms with Crippen LogP contribution < -0.4 is 9.80 Å². The Morgan fingerprint density at radius 3 is 1.93 bits per heavy atom. The second-order valence-electron chi connectivity index (χ2n) is 17.7. The molecule has 67 heavy (non-hydrogen) atoms. The van der Waals surface area contributed by atoms with E-state index in [4.69, 9.17) is 22.8 Å². The van der Waals surface area contributed by atoms with Gasteiger partial charge in [-0.05, 0) is 102 Å². The summed E-state index contributed by atoms with van der Waals surface area (Å²) in [6, 6.07) is 29.2. The number of hydrogen-bond acceptors (Lipinski definition) is 3. The summed E-state index contributed by atoms with van der Waals surface area (Å²) < 4.78 is 126. The minimum absolute atomic E-state index is 0. The maximum Gasteiger partial charge on any atom is 0.135 e. The van der Waals surface area contributed by atoms with Crippen molar-refractivity contribution in [1.82, 2.24) is 9.55 Å². The predicted molar refractivity (Wildman–Crippen MR) is 276 cm³/mol. The Bertz CT molecular complexity index is 4130. The van der Waals surface area contributed by atoms with Crippen LogP contribution in [0.5, 0.6) is 0 Å². The van der Waals surface area contributed by atoms with Gasteiger partial charge in [-0.3, -0.25) is 0 Å². The largest absolute Gasteiger partial charge is 0.493 e. The Labute approximate surface area is 429 Å². The molecule has 0 spiro atoms. The van der Waals surface area contributed by atoms with E-state index in [0.29, 0.717) is 39.2 Å². The molecular weight excluding hydrogens is 996 g/mol. The Morgan fingerprint density at radius 1 is 0.612 bits per heavy atom. The summed E-state index contributed by atoms with van der Waals surface area (Å²) in [4.78, 5) is 8.46. The van der Waals surface area contributed by atoms with Gasteiger partial charge < -0.3 is 14.4 Å². The molecule has 0 saturated heterocycles. The number of nitrogens with zero attached hydrogens (tertiary/aromatic N) is 4. The molecule has 0 saturated carbocycles. The SMILES string of the molecule is [2H]c1c([2H])c([2H])c(-c2cccc(-c3c([2H])c([2H])c([2H])c([2H])c3[2H])c2N2[CH-]N(c3[c-]c(Cc4[c-]c5c(cc4)c4c([2H])c([2H])c([2H])c([2H])c4n5-c4cc(C(C)(C)C)ccn4)cc(-c4c(C)cc(C)cc4C)c3)c3ccccc32)c([2H])c1[2H].[Pt]. The summed E-state index contributed by atoms with van der Waals surface area (Å²) in [6.45, 7) is 14.2. The minimum Gasteiger partial charge on any atom is -0.493 e. The number of fused-ring (bicyclic) bond motifs is 4. The van der Waals surface area contributed by atoms with Gasteiger partial charge in [-0.25, -0.2) is 4.98 Å². The summed E-state index contributed by atoms with van der Waals surface area (Å²) in [7, 11) is 0. The standard InChI is InChI=1S/C62H51N4.Pt/c1-41-32-42(2)60(43(3)33-41)48-35-45(34-44-28-29-54-53-22-13-14-25-55(53)66(58(54)37-44)59-39-49(30-31-63-59)62(4,5)6)36-50(38-48)64-40-65(57-27-16-15-26-56(57)64)61-51(46-18-9-7-10-19-46)23-17-24-52(61)47-20-11-8-12-21-47;/h7-33,35,38-40H,34H2,1-6H3;/q-3;/i7D,8D,9D,10D,11D,12D,13D,14D,18D,19D,20D,21D,22D,25D;. The second kappa shape index (κ2) is 17.7. The van der Waals surface area contributed by atoms with Gasteiger partial charge in [0.25, 0.3) is 0 Å². The average molecular weight is 1060 g/mol. The first kappa shape index (κ1) is 30.3. The molecule has 10 aromatic rings. The van der Waals surface area contributed by atoms with E-state index in [2.05, 4.69) is 65.0 Å². The van der Waals surface area contributed by atoms with Crippen LogP contribution >= 0.6 is 0 Å². The Hall–Kier alpha value is -7.00. The molecule has 0 unspecified atom stereocenters. The molecule has 0 atom stereocenters. The van der Waals surface area contributed by atoms with Crippen molar-refractivity contribution in [3.05, 3.63) is 234 Å². The minimum atomic E-state index is -0.584. The van der Waals surface area contributed by atoms with Gasteiger partial charge in [0, 0.05) is 61.0 Å². The van der Waals surface area contributed by atoms with Crippen molar-refractivity contribution in [1.29, 1.82) is 0 Å². The van der Waals surface area contributed by atoms with Crippen LogP contribution in [0.4, 0.5) is 22.7 Å². The molecule has 0 radical (unpaired) electrons. The first-order valence-corrected chi connectivity index (χ1v) is 21.8. The van der Waals surface area contributed by atoms with Crippen molar-refractivity contribution in [2.45, 2.75) is 53.4 Å². The van der Waals surface area contributed by atoms with E-state index in [0.717, 1.165) is 44.5 Å². The third-order valence-electron chi connectivity index (χ3n) is 12.2. The average Bonchev–Trinajstić information content (AvgIpc) is 4.01. The van der Waals surface area contributed by atoms with Gasteiger partial charge in [0.05, 0.1) is 19.2 Å². The van der Waals surface area contributed by atoms with E-state index in [1.807, 2.05) is 66.4 Å². The third kappa shape index (κ3) is 8.08. The van der Waals surface area contributed by atoms with E-state index in [-0.39, 0.29) is 90.5 Å². The zero-order chi connectivity index (χ0) is 57.3. The number of aromatic nitrogens is 2. The Balaban J connectivity index is 0.00000736. The van der Waals surface area contributed by atoms with Crippen molar-refractivity contribution in [3.63, 3.8) is 0 Å². The first-order valence-electron chi connectivity index (χ1n) is 28.8. The van der Waals surface area contributed by atoms with Crippen LogP contribution in [-0.4, -0.2) is 9.55 Å². The van der Waals surface area contributed by atoms with Crippen LogP contribution in [0.15, 0.2) is 182 Å². The Kier molecular flexibility index (Phi) is 7.99. The molecular formula is C62H51N4Pt-3. The van der Waals surface area contributed by atoms with Gasteiger partial charge in [0.15, 0.2) is 0 Å². The van der Waals surface area contributed by atoms with Crippen LogP contribution in [0.1, 0.15) is 73.3 Å². The van der Waals surface area contributed by atoms with Gasteiger partial charge >= 0.3 is 0 Å². The monoisotopic (exact) mass is 1060 g/mol. The second-order valence-corrected chi connectivity index (χ2v) is 17.7. The molecule has 5 heteroatoms. The van der Waals surface area contributed by atoms with Crippen molar-refractivity contribution in [2.24, 2.45) is 0 Å². The fraction of sp³-hybridized carbons (Fsp3) is 0.129. The van der Waals surface area contributed by atoms with Crippen molar-refractivity contribution in [2.75, 3.05) is 9.80 Å². The molecule has 0 amide bonds. The van der Waals surface area contributed by atoms with Gasteiger partial charge in [0.2, 0.25) is 0 Å². The van der Waals surface area contributed by atoms with Gasteiger partial charge in [-0.15, -0.1) is 29.4 Å². The Morgan fingerprint density at radius 2 is 1.25 bits per heavy atom. The molecule has 332 valence electrons. The van der Waals surface area contributed by atoms with Crippen LogP contribution in [0.2, 0.25) is 0 Å². The molecule has 0 N–H and O–H groups in total. The van der Waals surface area contributed by atoms with Crippen LogP contribution in [0, 0.1) is 39.6 Å². The van der Waals surface area contributed by atoms with E-state index >= 15 is 0 Å². The van der Waals surface area contributed by atoms with Gasteiger partial charge in [-0.2, -0.15) is 41.5 Å². The van der Waals surface area contributed by atoms with Crippen LogP contribution in [0.25, 0.3) is 61.0 Å². The summed E-state index contributed by atoms with van der Waals surface area (Å²) in [5, 5.41) is 0.937. The molecule has 8 aromatic carbocycles. The molecule has 0 aliphatic carbocycles. The molecule has 11 rings (SSSR count). The van der Waals surface area contributed by atoms with Crippen LogP contribution in [-0.2, 0) is 32.9 Å². The van der Waals surface area contributed by atoms with E-state index in [1.54, 1.807) is 40.5 Å². The number of anilines is 4. The fourth-order valence-electron chi connectivity index (χ4n) is 9.30. The van der Waals surface area contributed by atoms with Crippen molar-refractivity contribution in [3.8, 4) is 39.2 Å². The van der Waals surface area contributed by atoms with Crippen LogP contribution in [0.3, 0.4) is 0 Å².